The molecule has 3 atom stereocenters. The molecule has 1 saturated heterocycles. The molecule has 222 valence electrons. The van der Waals surface area contributed by atoms with Crippen LogP contribution in [-0.4, -0.2) is 129 Å². The monoisotopic (exact) mass is 675 g/mol. The van der Waals surface area contributed by atoms with E-state index in [0.717, 1.165) is 13.1 Å². The lowest BCUT2D eigenvalue weighted by Gasteiger charge is -2.41. The minimum absolute atomic E-state index is 0.0534. The van der Waals surface area contributed by atoms with E-state index in [-0.39, 0.29) is 32.1 Å². The number of nitrogens with one attached hydrogen (secondary N) is 1. The van der Waals surface area contributed by atoms with Gasteiger partial charge < -0.3 is 39.4 Å². The molecule has 0 spiro atoms. The third-order valence-corrected chi connectivity index (χ3v) is 7.57. The van der Waals surface area contributed by atoms with Gasteiger partial charge in [-0.1, -0.05) is 0 Å². The summed E-state index contributed by atoms with van der Waals surface area (Å²) < 4.78 is 23.1. The van der Waals surface area contributed by atoms with E-state index in [1.165, 1.54) is 19.3 Å². The number of nitrogens with zero attached hydrogens (tertiary/aromatic N) is 2. The first-order chi connectivity index (χ1) is 19.3. The maximum absolute atomic E-state index is 13.4. The molecular weight excluding hydrogens is 637 g/mol. The molecule has 1 aliphatic heterocycles. The number of amides is 2. The predicted octanol–water partition coefficient (Wildman–Crippen LogP) is 0.225. The number of aliphatic hydroxyl groups is 2. The number of rotatable bonds is 14. The van der Waals surface area contributed by atoms with Crippen molar-refractivity contribution in [3.05, 3.63) is 32.9 Å². The first kappa shape index (κ1) is 32.2. The summed E-state index contributed by atoms with van der Waals surface area (Å²) in [4.78, 5) is 41.5. The van der Waals surface area contributed by atoms with Gasteiger partial charge in [-0.3, -0.25) is 19.3 Å². The fourth-order valence-corrected chi connectivity index (χ4v) is 5.41. The Kier molecular flexibility index (Phi) is 13.1. The second kappa shape index (κ2) is 16.2. The lowest BCUT2D eigenvalue weighted by molar-refractivity contribution is -0.143. The van der Waals surface area contributed by atoms with E-state index in [1.807, 2.05) is 22.6 Å². The number of morpholine rings is 1. The first-order valence-corrected chi connectivity index (χ1v) is 14.3. The Morgan fingerprint density at radius 1 is 1.30 bits per heavy atom. The molecule has 1 aliphatic carbocycles. The molecule has 3 N–H and O–H groups in total. The van der Waals surface area contributed by atoms with E-state index in [0.29, 0.717) is 65.4 Å². The maximum atomic E-state index is 13.4. The number of benzene rings is 1. The van der Waals surface area contributed by atoms with E-state index in [2.05, 4.69) is 10.2 Å². The number of hydrogen-bond donors (Lipinski definition) is 3. The first-order valence-electron chi connectivity index (χ1n) is 13.3. The average molecular weight is 676 g/mol. The Labute approximate surface area is 247 Å². The van der Waals surface area contributed by atoms with Crippen LogP contribution in [0.4, 0.5) is 0 Å². The second-order valence-corrected chi connectivity index (χ2v) is 10.5. The van der Waals surface area contributed by atoms with E-state index in [4.69, 9.17) is 18.9 Å². The zero-order chi connectivity index (χ0) is 29.1. The molecule has 0 bridgehead atoms. The van der Waals surface area contributed by atoms with Crippen LogP contribution < -0.4 is 14.8 Å². The molecular formula is C27H38IN3O9. The molecule has 1 aromatic carbocycles. The molecule has 12 nitrogen and oxygen atoms in total. The zero-order valence-corrected chi connectivity index (χ0v) is 25.0. The van der Waals surface area contributed by atoms with Crippen LogP contribution in [0.5, 0.6) is 11.5 Å². The van der Waals surface area contributed by atoms with Crippen LogP contribution >= 0.6 is 22.6 Å². The smallest absolute Gasteiger partial charge is 0.248 e. The number of aliphatic hydroxyl groups excluding tert-OH is 2. The SMILES string of the molecule is CCOCC(=O)N(CCN1CCOCC1)[C@@H]1CC(C(=O)NCCO)=C[C@H](Oc2c(I)cc(C=O)cc2OC)[C@H]1O. The highest BCUT2D eigenvalue weighted by Gasteiger charge is 2.41. The summed E-state index contributed by atoms with van der Waals surface area (Å²) in [7, 11) is 1.44. The Hall–Kier alpha value is -2.30. The van der Waals surface area contributed by atoms with Crippen LogP contribution in [0.3, 0.4) is 0 Å². The van der Waals surface area contributed by atoms with E-state index in [9.17, 15) is 24.6 Å². The molecule has 40 heavy (non-hydrogen) atoms. The van der Waals surface area contributed by atoms with Gasteiger partial charge in [0.1, 0.15) is 25.1 Å². The van der Waals surface area contributed by atoms with Crippen LogP contribution in [0, 0.1) is 3.57 Å². The summed E-state index contributed by atoms with van der Waals surface area (Å²) >= 11 is 2.01. The molecule has 0 saturated carbocycles. The van der Waals surface area contributed by atoms with E-state index in [1.54, 1.807) is 17.9 Å². The van der Waals surface area contributed by atoms with Gasteiger partial charge in [0.2, 0.25) is 11.8 Å². The van der Waals surface area contributed by atoms with Crippen molar-refractivity contribution >= 4 is 40.7 Å². The van der Waals surface area contributed by atoms with Gasteiger partial charge in [0.15, 0.2) is 11.5 Å². The highest BCUT2D eigenvalue weighted by Crippen LogP contribution is 2.37. The Morgan fingerprint density at radius 2 is 2.05 bits per heavy atom. The number of halogens is 1. The fourth-order valence-electron chi connectivity index (χ4n) is 4.66. The molecule has 3 rings (SSSR count). The van der Waals surface area contributed by atoms with Crippen molar-refractivity contribution < 1.29 is 43.5 Å². The number of carbonyl (C=O) groups excluding carboxylic acids is 3. The van der Waals surface area contributed by atoms with Crippen molar-refractivity contribution in [3.63, 3.8) is 0 Å². The highest BCUT2D eigenvalue weighted by molar-refractivity contribution is 14.1. The molecule has 2 aliphatic rings. The summed E-state index contributed by atoms with van der Waals surface area (Å²) in [5.41, 5.74) is 0.707. The van der Waals surface area contributed by atoms with Gasteiger partial charge in [-0.25, -0.2) is 0 Å². The van der Waals surface area contributed by atoms with Crippen molar-refractivity contribution in [1.82, 2.24) is 15.1 Å². The molecule has 0 unspecified atom stereocenters. The topological polar surface area (TPSA) is 147 Å². The minimum atomic E-state index is -1.20. The molecule has 13 heteroatoms. The van der Waals surface area contributed by atoms with Gasteiger partial charge in [0.25, 0.3) is 0 Å². The molecule has 0 radical (unpaired) electrons. The Balaban J connectivity index is 1.95. The summed E-state index contributed by atoms with van der Waals surface area (Å²) in [6.45, 7) is 5.35. The van der Waals surface area contributed by atoms with Crippen molar-refractivity contribution in [2.45, 2.75) is 31.6 Å². The molecule has 1 heterocycles. The highest BCUT2D eigenvalue weighted by atomic mass is 127. The summed E-state index contributed by atoms with van der Waals surface area (Å²) in [5, 5.41) is 23.4. The normalized spacial score (nSPS) is 21.3. The number of carbonyl (C=O) groups is 3. The Bertz CT molecular complexity index is 1050. The average Bonchev–Trinajstić information content (AvgIpc) is 2.97. The van der Waals surface area contributed by atoms with Crippen LogP contribution in [-0.2, 0) is 19.1 Å². The van der Waals surface area contributed by atoms with E-state index >= 15 is 0 Å². The zero-order valence-electron chi connectivity index (χ0n) is 22.8. The fraction of sp³-hybridized carbons (Fsp3) is 0.593. The van der Waals surface area contributed by atoms with Crippen molar-refractivity contribution in [2.24, 2.45) is 0 Å². The third-order valence-electron chi connectivity index (χ3n) is 6.77. The lowest BCUT2D eigenvalue weighted by atomic mass is 9.88. The van der Waals surface area contributed by atoms with Crippen LogP contribution in [0.15, 0.2) is 23.8 Å². The third kappa shape index (κ3) is 8.60. The number of methoxy groups -OCH3 is 1. The standard InChI is InChI=1S/C27H38IN3O9/c1-3-38-17-24(34)31(6-5-30-7-10-39-11-8-30)21-14-19(27(36)29-4-9-32)15-22(25(21)35)40-26-20(28)12-18(16-33)13-23(26)37-2/h12-13,15-16,21-22,25,32,35H,3-11,14,17H2,1-2H3,(H,29,36)/t21-,22+,25+/m1/s1. The van der Waals surface area contributed by atoms with Crippen LogP contribution in [0.1, 0.15) is 23.7 Å². The van der Waals surface area contributed by atoms with Crippen molar-refractivity contribution in [3.8, 4) is 11.5 Å². The predicted molar refractivity (Wildman–Crippen MR) is 154 cm³/mol. The number of ether oxygens (including phenoxy) is 4. The van der Waals surface area contributed by atoms with Gasteiger partial charge in [-0.15, -0.1) is 0 Å². The quantitative estimate of drug-likeness (QED) is 0.185. The summed E-state index contributed by atoms with van der Waals surface area (Å²) in [6, 6.07) is 2.35. The van der Waals surface area contributed by atoms with Gasteiger partial charge >= 0.3 is 0 Å². The number of aldehydes is 1. The molecule has 2 amide bonds. The Morgan fingerprint density at radius 3 is 2.70 bits per heavy atom. The summed E-state index contributed by atoms with van der Waals surface area (Å²) in [5.74, 6) is -0.148. The molecule has 0 aromatic heterocycles. The second-order valence-electron chi connectivity index (χ2n) is 9.35. The van der Waals surface area contributed by atoms with Crippen LogP contribution in [0.25, 0.3) is 0 Å². The summed E-state index contributed by atoms with van der Waals surface area (Å²) in [6.07, 6.45) is 0.0847. The largest absolute Gasteiger partial charge is 0.493 e. The van der Waals surface area contributed by atoms with Crippen molar-refractivity contribution in [2.75, 3.05) is 72.9 Å². The lowest BCUT2D eigenvalue weighted by Crippen LogP contribution is -2.57. The minimum Gasteiger partial charge on any atom is -0.493 e. The maximum Gasteiger partial charge on any atom is 0.248 e. The molecule has 1 aromatic rings. The number of hydrogen-bond acceptors (Lipinski definition) is 10. The van der Waals surface area contributed by atoms with Gasteiger partial charge in [-0.05, 0) is 47.7 Å². The van der Waals surface area contributed by atoms with Crippen molar-refractivity contribution in [1.29, 1.82) is 0 Å². The van der Waals surface area contributed by atoms with Crippen LogP contribution in [0.2, 0.25) is 0 Å². The van der Waals surface area contributed by atoms with Gasteiger partial charge in [0, 0.05) is 56.9 Å². The van der Waals surface area contributed by atoms with Gasteiger partial charge in [0.05, 0.1) is 36.5 Å². The molecule has 1 fully saturated rings. The van der Waals surface area contributed by atoms with Gasteiger partial charge in [-0.2, -0.15) is 0 Å². The van der Waals surface area contributed by atoms with E-state index < -0.39 is 24.2 Å².